The van der Waals surface area contributed by atoms with E-state index in [9.17, 15) is 14.9 Å². The zero-order chi connectivity index (χ0) is 18.1. The molecule has 3 aromatic carbocycles. The minimum Gasteiger partial charge on any atom is -0.360 e. The first kappa shape index (κ1) is 15.8. The van der Waals surface area contributed by atoms with Crippen molar-refractivity contribution in [3.63, 3.8) is 0 Å². The largest absolute Gasteiger partial charge is 0.360 e. The molecule has 0 saturated heterocycles. The van der Waals surface area contributed by atoms with Gasteiger partial charge in [-0.05, 0) is 23.8 Å². The molecule has 0 saturated carbocycles. The van der Waals surface area contributed by atoms with Crippen molar-refractivity contribution in [1.29, 1.82) is 0 Å². The number of hydrogen-bond acceptors (Lipinski definition) is 4. The van der Waals surface area contributed by atoms with E-state index in [4.69, 9.17) is 0 Å². The number of carbonyl (C=O) groups excluding carboxylic acids is 1. The summed E-state index contributed by atoms with van der Waals surface area (Å²) in [5.74, 6) is -0.200. The molecule has 4 rings (SSSR count). The molecule has 0 spiro atoms. The average Bonchev–Trinajstić information content (AvgIpc) is 2.68. The van der Waals surface area contributed by atoms with Crippen LogP contribution in [0.3, 0.4) is 0 Å². The SMILES string of the molecule is O=C1c2ccccc2NC(c2ccccc2)N1c1cccc([N+](=O)[O-])c1. The number of hydrogen-bond donors (Lipinski definition) is 1. The molecule has 1 N–H and O–H groups in total. The van der Waals surface area contributed by atoms with Gasteiger partial charge in [-0.1, -0.05) is 48.5 Å². The second-order valence-electron chi connectivity index (χ2n) is 5.96. The molecule has 1 atom stereocenters. The quantitative estimate of drug-likeness (QED) is 0.565. The fourth-order valence-corrected chi connectivity index (χ4v) is 3.14. The molecule has 0 fully saturated rings. The molecule has 0 aromatic heterocycles. The summed E-state index contributed by atoms with van der Waals surface area (Å²) >= 11 is 0. The van der Waals surface area contributed by atoms with Gasteiger partial charge in [0.25, 0.3) is 11.6 Å². The van der Waals surface area contributed by atoms with Crippen molar-refractivity contribution in [3.8, 4) is 0 Å². The smallest absolute Gasteiger partial charge is 0.271 e. The number of fused-ring (bicyclic) bond motifs is 1. The fraction of sp³-hybridized carbons (Fsp3) is 0.0500. The van der Waals surface area contributed by atoms with Crippen LogP contribution in [0.25, 0.3) is 0 Å². The lowest BCUT2D eigenvalue weighted by molar-refractivity contribution is -0.384. The number of amides is 1. The van der Waals surface area contributed by atoms with Gasteiger partial charge in [-0.15, -0.1) is 0 Å². The maximum Gasteiger partial charge on any atom is 0.271 e. The Balaban J connectivity index is 1.87. The summed E-state index contributed by atoms with van der Waals surface area (Å²) in [6.45, 7) is 0. The summed E-state index contributed by atoms with van der Waals surface area (Å²) in [7, 11) is 0. The van der Waals surface area contributed by atoms with Crippen LogP contribution >= 0.6 is 0 Å². The lowest BCUT2D eigenvalue weighted by Gasteiger charge is -2.38. The second kappa shape index (κ2) is 6.33. The minimum atomic E-state index is -0.461. The number of nitro benzene ring substituents is 1. The Labute approximate surface area is 149 Å². The number of anilines is 2. The number of nitro groups is 1. The normalized spacial score (nSPS) is 15.9. The maximum atomic E-state index is 13.2. The summed E-state index contributed by atoms with van der Waals surface area (Å²) in [5, 5.41) is 14.5. The molecule has 1 heterocycles. The molecule has 1 unspecified atom stereocenters. The summed E-state index contributed by atoms with van der Waals surface area (Å²) in [6.07, 6.45) is -0.458. The Kier molecular flexibility index (Phi) is 3.85. The highest BCUT2D eigenvalue weighted by Gasteiger charge is 2.34. The Bertz CT molecular complexity index is 988. The first-order valence-electron chi connectivity index (χ1n) is 8.14. The molecule has 0 radical (unpaired) electrons. The van der Waals surface area contributed by atoms with E-state index in [0.717, 1.165) is 11.3 Å². The highest BCUT2D eigenvalue weighted by molar-refractivity contribution is 6.12. The number of non-ortho nitro benzene ring substituents is 1. The van der Waals surface area contributed by atoms with Crippen molar-refractivity contribution < 1.29 is 9.72 Å². The van der Waals surface area contributed by atoms with Gasteiger partial charge in [-0.25, -0.2) is 0 Å². The Morgan fingerprint density at radius 3 is 2.42 bits per heavy atom. The van der Waals surface area contributed by atoms with Gasteiger partial charge in [-0.2, -0.15) is 0 Å². The van der Waals surface area contributed by atoms with Gasteiger partial charge in [0, 0.05) is 17.8 Å². The van der Waals surface area contributed by atoms with E-state index >= 15 is 0 Å². The molecule has 3 aromatic rings. The van der Waals surface area contributed by atoms with E-state index in [-0.39, 0.29) is 11.6 Å². The van der Waals surface area contributed by atoms with Crippen LogP contribution in [0.4, 0.5) is 17.1 Å². The van der Waals surface area contributed by atoms with E-state index < -0.39 is 11.1 Å². The lowest BCUT2D eigenvalue weighted by Crippen LogP contribution is -2.43. The van der Waals surface area contributed by atoms with Gasteiger partial charge in [0.2, 0.25) is 0 Å². The average molecular weight is 345 g/mol. The number of nitrogens with one attached hydrogen (secondary N) is 1. The van der Waals surface area contributed by atoms with Crippen molar-refractivity contribution in [3.05, 3.63) is 100 Å². The summed E-state index contributed by atoms with van der Waals surface area (Å²) in [6, 6.07) is 22.9. The van der Waals surface area contributed by atoms with Crippen molar-refractivity contribution >= 4 is 23.0 Å². The van der Waals surface area contributed by atoms with Crippen LogP contribution in [-0.2, 0) is 0 Å². The van der Waals surface area contributed by atoms with Crippen molar-refractivity contribution in [2.75, 3.05) is 10.2 Å². The third kappa shape index (κ3) is 2.67. The molecular formula is C20H15N3O3. The molecule has 6 nitrogen and oxygen atoms in total. The molecule has 6 heteroatoms. The number of para-hydroxylation sites is 1. The lowest BCUT2D eigenvalue weighted by atomic mass is 10.0. The van der Waals surface area contributed by atoms with E-state index in [1.807, 2.05) is 42.5 Å². The minimum absolute atomic E-state index is 0.0547. The van der Waals surface area contributed by atoms with Crippen LogP contribution in [0.15, 0.2) is 78.9 Å². The van der Waals surface area contributed by atoms with Gasteiger partial charge in [0.15, 0.2) is 0 Å². The van der Waals surface area contributed by atoms with Crippen LogP contribution in [0.5, 0.6) is 0 Å². The molecule has 1 aliphatic rings. The topological polar surface area (TPSA) is 75.5 Å². The molecule has 1 aliphatic heterocycles. The van der Waals surface area contributed by atoms with Gasteiger partial charge < -0.3 is 5.32 Å². The van der Waals surface area contributed by atoms with Crippen molar-refractivity contribution in [2.45, 2.75) is 6.17 Å². The zero-order valence-electron chi connectivity index (χ0n) is 13.7. The molecule has 26 heavy (non-hydrogen) atoms. The van der Waals surface area contributed by atoms with Gasteiger partial charge in [-0.3, -0.25) is 19.8 Å². The monoisotopic (exact) mass is 345 g/mol. The first-order chi connectivity index (χ1) is 12.6. The van der Waals surface area contributed by atoms with Crippen LogP contribution in [0.1, 0.15) is 22.1 Å². The third-order valence-corrected chi connectivity index (χ3v) is 4.36. The number of carbonyl (C=O) groups is 1. The van der Waals surface area contributed by atoms with E-state index in [0.29, 0.717) is 11.3 Å². The fourth-order valence-electron chi connectivity index (χ4n) is 3.14. The number of rotatable bonds is 3. The Hall–Kier alpha value is -3.67. The van der Waals surface area contributed by atoms with E-state index in [1.54, 1.807) is 29.2 Å². The van der Waals surface area contributed by atoms with Crippen LogP contribution in [0.2, 0.25) is 0 Å². The first-order valence-corrected chi connectivity index (χ1v) is 8.14. The van der Waals surface area contributed by atoms with Crippen molar-refractivity contribution in [1.82, 2.24) is 0 Å². The number of benzene rings is 3. The Morgan fingerprint density at radius 1 is 0.923 bits per heavy atom. The Morgan fingerprint density at radius 2 is 1.65 bits per heavy atom. The molecular weight excluding hydrogens is 330 g/mol. The molecule has 1 amide bonds. The molecule has 128 valence electrons. The molecule has 0 bridgehead atoms. The van der Waals surface area contributed by atoms with E-state index in [1.165, 1.54) is 12.1 Å². The highest BCUT2D eigenvalue weighted by Crippen LogP contribution is 2.37. The summed E-state index contributed by atoms with van der Waals surface area (Å²) < 4.78 is 0. The third-order valence-electron chi connectivity index (χ3n) is 4.36. The van der Waals surface area contributed by atoms with Gasteiger partial charge in [0.05, 0.1) is 16.2 Å². The predicted octanol–water partition coefficient (Wildman–Crippen LogP) is 4.37. The highest BCUT2D eigenvalue weighted by atomic mass is 16.6. The van der Waals surface area contributed by atoms with Crippen LogP contribution < -0.4 is 10.2 Å². The standard InChI is InChI=1S/C20H15N3O3/c24-20-17-11-4-5-12-18(17)21-19(14-7-2-1-3-8-14)22(20)15-9-6-10-16(13-15)23(25)26/h1-13,19,21H. The van der Waals surface area contributed by atoms with Crippen molar-refractivity contribution in [2.24, 2.45) is 0 Å². The second-order valence-corrected chi connectivity index (χ2v) is 5.96. The van der Waals surface area contributed by atoms with Crippen LogP contribution in [-0.4, -0.2) is 10.8 Å². The van der Waals surface area contributed by atoms with Crippen LogP contribution in [0, 0.1) is 10.1 Å². The van der Waals surface area contributed by atoms with Gasteiger partial charge >= 0.3 is 0 Å². The number of nitrogens with zero attached hydrogens (tertiary/aromatic N) is 2. The maximum absolute atomic E-state index is 13.2. The predicted molar refractivity (Wildman–Crippen MR) is 99.2 cm³/mol. The summed E-state index contributed by atoms with van der Waals surface area (Å²) in [5.41, 5.74) is 2.59. The molecule has 0 aliphatic carbocycles. The van der Waals surface area contributed by atoms with E-state index in [2.05, 4.69) is 5.32 Å². The van der Waals surface area contributed by atoms with Gasteiger partial charge in [0.1, 0.15) is 6.17 Å². The zero-order valence-corrected chi connectivity index (χ0v) is 13.7. The summed E-state index contributed by atoms with van der Waals surface area (Å²) in [4.78, 5) is 25.5.